The topological polar surface area (TPSA) is 60.0 Å². The van der Waals surface area contributed by atoms with Crippen LogP contribution in [0, 0.1) is 22.7 Å². The number of nitrogens with zero attached hydrogens (tertiary/aromatic N) is 3. The van der Waals surface area contributed by atoms with E-state index in [0.29, 0.717) is 12.8 Å². The second-order valence-electron chi connectivity index (χ2n) is 3.00. The van der Waals surface area contributed by atoms with Gasteiger partial charge in [-0.05, 0) is 6.42 Å². The molecule has 0 bridgehead atoms. The Balaban J connectivity index is 3.62. The van der Waals surface area contributed by atoms with E-state index in [9.17, 15) is 0 Å². The van der Waals surface area contributed by atoms with E-state index in [1.54, 1.807) is 7.11 Å². The van der Waals surface area contributed by atoms with Gasteiger partial charge in [-0.1, -0.05) is 0 Å². The van der Waals surface area contributed by atoms with Crippen LogP contribution in [0.4, 0.5) is 0 Å². The van der Waals surface area contributed by atoms with E-state index in [-0.39, 0.29) is 0 Å². The lowest BCUT2D eigenvalue weighted by atomic mass is 10.3. The van der Waals surface area contributed by atoms with Crippen LogP contribution >= 0.6 is 0 Å². The van der Waals surface area contributed by atoms with Gasteiger partial charge in [0.15, 0.2) is 0 Å². The summed E-state index contributed by atoms with van der Waals surface area (Å²) in [5.41, 5.74) is 0. The van der Waals surface area contributed by atoms with Crippen LogP contribution in [0.5, 0.6) is 0 Å². The van der Waals surface area contributed by atoms with Gasteiger partial charge in [-0.2, -0.15) is 10.5 Å². The first-order chi connectivity index (χ1) is 6.85. The second kappa shape index (κ2) is 9.98. The number of methoxy groups -OCH3 is 1. The predicted octanol–water partition coefficient (Wildman–Crippen LogP) is 1.15. The molecule has 4 nitrogen and oxygen atoms in total. The van der Waals surface area contributed by atoms with E-state index >= 15 is 0 Å². The molecular formula is C10H17N3O. The van der Waals surface area contributed by atoms with Gasteiger partial charge in [0.1, 0.15) is 0 Å². The molecule has 14 heavy (non-hydrogen) atoms. The molecule has 0 aromatic rings. The van der Waals surface area contributed by atoms with Crippen molar-refractivity contribution in [1.29, 1.82) is 10.5 Å². The molecule has 0 amide bonds. The van der Waals surface area contributed by atoms with Crippen molar-refractivity contribution in [2.24, 2.45) is 0 Å². The van der Waals surface area contributed by atoms with E-state index in [1.165, 1.54) is 0 Å². The SMILES string of the molecule is COCCCN(CCC#N)CCC#N. The maximum absolute atomic E-state index is 8.45. The lowest BCUT2D eigenvalue weighted by Crippen LogP contribution is -2.27. The summed E-state index contributed by atoms with van der Waals surface area (Å²) in [7, 11) is 1.68. The molecule has 78 valence electrons. The average Bonchev–Trinajstić information content (AvgIpc) is 2.21. The summed E-state index contributed by atoms with van der Waals surface area (Å²) in [6, 6.07) is 4.22. The molecule has 0 aliphatic carbocycles. The van der Waals surface area contributed by atoms with Gasteiger partial charge in [-0.25, -0.2) is 0 Å². The fourth-order valence-electron chi connectivity index (χ4n) is 1.18. The highest BCUT2D eigenvalue weighted by atomic mass is 16.5. The molecule has 0 unspecified atom stereocenters. The maximum atomic E-state index is 8.45. The predicted molar refractivity (Wildman–Crippen MR) is 53.4 cm³/mol. The number of rotatable bonds is 8. The monoisotopic (exact) mass is 195 g/mol. The molecular weight excluding hydrogens is 178 g/mol. The Hall–Kier alpha value is -1.10. The maximum Gasteiger partial charge on any atom is 0.0635 e. The molecule has 0 aliphatic heterocycles. The standard InChI is InChI=1S/C10H17N3O/c1-14-10-4-9-13(7-2-5-11)8-3-6-12/h2-4,7-10H2,1H3. The minimum Gasteiger partial charge on any atom is -0.385 e. The van der Waals surface area contributed by atoms with Crippen molar-refractivity contribution in [3.63, 3.8) is 0 Å². The van der Waals surface area contributed by atoms with Gasteiger partial charge in [-0.3, -0.25) is 0 Å². The lowest BCUT2D eigenvalue weighted by Gasteiger charge is -2.19. The molecule has 0 aromatic heterocycles. The van der Waals surface area contributed by atoms with Gasteiger partial charge < -0.3 is 9.64 Å². The smallest absolute Gasteiger partial charge is 0.0635 e. The van der Waals surface area contributed by atoms with Crippen molar-refractivity contribution < 1.29 is 4.74 Å². The second-order valence-corrected chi connectivity index (χ2v) is 3.00. The minimum atomic E-state index is 0.526. The van der Waals surface area contributed by atoms with Crippen LogP contribution in [0.3, 0.4) is 0 Å². The summed E-state index contributed by atoms with van der Waals surface area (Å²) in [5.74, 6) is 0. The Kier molecular flexibility index (Phi) is 9.20. The lowest BCUT2D eigenvalue weighted by molar-refractivity contribution is 0.173. The van der Waals surface area contributed by atoms with E-state index < -0.39 is 0 Å². The van der Waals surface area contributed by atoms with Gasteiger partial charge in [-0.15, -0.1) is 0 Å². The zero-order chi connectivity index (χ0) is 10.6. The fraction of sp³-hybridized carbons (Fsp3) is 0.800. The Bertz CT molecular complexity index is 186. The van der Waals surface area contributed by atoms with Crippen molar-refractivity contribution in [2.45, 2.75) is 19.3 Å². The Morgan fingerprint density at radius 1 is 1.07 bits per heavy atom. The molecule has 0 rings (SSSR count). The zero-order valence-electron chi connectivity index (χ0n) is 8.70. The van der Waals surface area contributed by atoms with E-state index in [4.69, 9.17) is 15.3 Å². The first kappa shape index (κ1) is 12.9. The Morgan fingerprint density at radius 3 is 2.07 bits per heavy atom. The largest absolute Gasteiger partial charge is 0.385 e. The third-order valence-corrected chi connectivity index (χ3v) is 1.90. The van der Waals surface area contributed by atoms with Gasteiger partial charge in [0.05, 0.1) is 12.1 Å². The first-order valence-electron chi connectivity index (χ1n) is 4.80. The van der Waals surface area contributed by atoms with Crippen LogP contribution in [-0.4, -0.2) is 38.3 Å². The molecule has 0 spiro atoms. The highest BCUT2D eigenvalue weighted by molar-refractivity contribution is 4.76. The molecule has 0 fully saturated rings. The molecule has 0 N–H and O–H groups in total. The van der Waals surface area contributed by atoms with Crippen LogP contribution in [0.2, 0.25) is 0 Å². The first-order valence-corrected chi connectivity index (χ1v) is 4.80. The van der Waals surface area contributed by atoms with Crippen LogP contribution in [0.25, 0.3) is 0 Å². The van der Waals surface area contributed by atoms with Crippen molar-refractivity contribution in [2.75, 3.05) is 33.4 Å². The molecule has 0 saturated carbocycles. The number of ether oxygens (including phenoxy) is 1. The third kappa shape index (κ3) is 7.54. The van der Waals surface area contributed by atoms with Crippen LogP contribution < -0.4 is 0 Å². The number of nitriles is 2. The van der Waals surface area contributed by atoms with Gasteiger partial charge in [0.25, 0.3) is 0 Å². The number of hydrogen-bond acceptors (Lipinski definition) is 4. The van der Waals surface area contributed by atoms with Crippen molar-refractivity contribution in [3.05, 3.63) is 0 Å². The van der Waals surface area contributed by atoms with Crippen molar-refractivity contribution in [1.82, 2.24) is 4.90 Å². The third-order valence-electron chi connectivity index (χ3n) is 1.90. The quantitative estimate of drug-likeness (QED) is 0.545. The molecule has 0 aliphatic rings. The highest BCUT2D eigenvalue weighted by Gasteiger charge is 2.03. The molecule has 0 saturated heterocycles. The summed E-state index contributed by atoms with van der Waals surface area (Å²) in [6.45, 7) is 3.14. The van der Waals surface area contributed by atoms with Gasteiger partial charge in [0.2, 0.25) is 0 Å². The number of hydrogen-bond donors (Lipinski definition) is 0. The summed E-state index contributed by atoms with van der Waals surface area (Å²) in [6.07, 6.45) is 2.00. The minimum absolute atomic E-state index is 0.526. The molecule has 0 atom stereocenters. The van der Waals surface area contributed by atoms with Crippen LogP contribution in [0.1, 0.15) is 19.3 Å². The van der Waals surface area contributed by atoms with E-state index in [2.05, 4.69) is 17.0 Å². The summed E-state index contributed by atoms with van der Waals surface area (Å²) >= 11 is 0. The van der Waals surface area contributed by atoms with Crippen LogP contribution in [-0.2, 0) is 4.74 Å². The Morgan fingerprint density at radius 2 is 1.64 bits per heavy atom. The highest BCUT2D eigenvalue weighted by Crippen LogP contribution is 1.96. The van der Waals surface area contributed by atoms with E-state index in [0.717, 1.165) is 32.7 Å². The molecule has 0 aromatic carbocycles. The summed E-state index contributed by atoms with van der Waals surface area (Å²) in [5, 5.41) is 16.9. The summed E-state index contributed by atoms with van der Waals surface area (Å²) in [4.78, 5) is 2.13. The molecule has 0 heterocycles. The molecule has 4 heteroatoms. The summed E-state index contributed by atoms with van der Waals surface area (Å²) < 4.78 is 4.94. The molecule has 0 radical (unpaired) electrons. The zero-order valence-corrected chi connectivity index (χ0v) is 8.70. The fourth-order valence-corrected chi connectivity index (χ4v) is 1.18. The van der Waals surface area contributed by atoms with Gasteiger partial charge in [0, 0.05) is 46.2 Å². The normalized spacial score (nSPS) is 9.71. The van der Waals surface area contributed by atoms with Crippen molar-refractivity contribution >= 4 is 0 Å². The average molecular weight is 195 g/mol. The van der Waals surface area contributed by atoms with Crippen molar-refractivity contribution in [3.8, 4) is 12.1 Å². The van der Waals surface area contributed by atoms with E-state index in [1.807, 2.05) is 0 Å². The van der Waals surface area contributed by atoms with Crippen LogP contribution in [0.15, 0.2) is 0 Å². The van der Waals surface area contributed by atoms with Gasteiger partial charge >= 0.3 is 0 Å². The Labute approximate surface area is 85.7 Å².